The summed E-state index contributed by atoms with van der Waals surface area (Å²) in [5, 5.41) is 6.33. The molecule has 18 heavy (non-hydrogen) atoms. The highest BCUT2D eigenvalue weighted by Gasteiger charge is 2.18. The molecule has 0 spiro atoms. The average molecular weight is 247 g/mol. The topological polar surface area (TPSA) is 90.4 Å². The van der Waals surface area contributed by atoms with E-state index in [4.69, 9.17) is 15.0 Å². The first kappa shape index (κ1) is 12.0. The van der Waals surface area contributed by atoms with Gasteiger partial charge in [0.2, 0.25) is 5.88 Å². The van der Waals surface area contributed by atoms with Gasteiger partial charge in [-0.25, -0.2) is 0 Å². The zero-order valence-electron chi connectivity index (χ0n) is 10.1. The number of hydrogen-bond donors (Lipinski definition) is 2. The molecule has 0 aliphatic heterocycles. The van der Waals surface area contributed by atoms with Crippen LogP contribution < -0.4 is 15.8 Å². The quantitative estimate of drug-likeness (QED) is 0.863. The third-order valence-electron chi connectivity index (χ3n) is 2.46. The lowest BCUT2D eigenvalue weighted by Gasteiger charge is -2.05. The van der Waals surface area contributed by atoms with Crippen molar-refractivity contribution in [3.8, 4) is 5.75 Å². The van der Waals surface area contributed by atoms with Crippen molar-refractivity contribution in [1.29, 1.82) is 0 Å². The Labute approximate surface area is 104 Å². The fourth-order valence-electron chi connectivity index (χ4n) is 1.53. The maximum Gasteiger partial charge on any atom is 0.263 e. The molecule has 0 atom stereocenters. The van der Waals surface area contributed by atoms with E-state index in [1.165, 1.54) is 0 Å². The van der Waals surface area contributed by atoms with Crippen molar-refractivity contribution in [3.05, 3.63) is 35.5 Å². The minimum Gasteiger partial charge on any atom is -0.497 e. The van der Waals surface area contributed by atoms with Crippen LogP contribution in [-0.4, -0.2) is 18.2 Å². The second kappa shape index (κ2) is 4.79. The van der Waals surface area contributed by atoms with Crippen LogP contribution in [0.3, 0.4) is 0 Å². The molecule has 2 rings (SSSR count). The minimum atomic E-state index is -0.351. The van der Waals surface area contributed by atoms with Gasteiger partial charge in [-0.2, -0.15) is 0 Å². The summed E-state index contributed by atoms with van der Waals surface area (Å²) in [6.07, 6.45) is 0. The van der Waals surface area contributed by atoms with Crippen molar-refractivity contribution in [2.45, 2.75) is 6.92 Å². The highest BCUT2D eigenvalue weighted by Crippen LogP contribution is 2.19. The van der Waals surface area contributed by atoms with E-state index in [-0.39, 0.29) is 17.4 Å². The molecule has 1 amide bonds. The number of methoxy groups -OCH3 is 1. The zero-order chi connectivity index (χ0) is 13.1. The second-order valence-corrected chi connectivity index (χ2v) is 3.69. The summed E-state index contributed by atoms with van der Waals surface area (Å²) in [6, 6.07) is 6.96. The van der Waals surface area contributed by atoms with Gasteiger partial charge in [0.25, 0.3) is 5.91 Å². The molecule has 0 fully saturated rings. The van der Waals surface area contributed by atoms with Gasteiger partial charge in [0, 0.05) is 5.69 Å². The molecular formula is C12H13N3O3. The van der Waals surface area contributed by atoms with Gasteiger partial charge in [0.05, 0.1) is 12.8 Å². The molecule has 0 saturated heterocycles. The van der Waals surface area contributed by atoms with E-state index in [0.717, 1.165) is 0 Å². The first-order valence-corrected chi connectivity index (χ1v) is 5.29. The van der Waals surface area contributed by atoms with E-state index >= 15 is 0 Å². The standard InChI is InChI=1S/C12H13N3O3/c1-7-10(11(13)18-15-7)12(16)14-8-3-5-9(17-2)6-4-8/h3-6H,13H2,1-2H3,(H,14,16). The van der Waals surface area contributed by atoms with Gasteiger partial charge < -0.3 is 20.3 Å². The predicted molar refractivity (Wildman–Crippen MR) is 66.6 cm³/mol. The number of ether oxygens (including phenoxy) is 1. The van der Waals surface area contributed by atoms with Gasteiger partial charge in [-0.1, -0.05) is 5.16 Å². The molecule has 0 aliphatic rings. The molecule has 0 saturated carbocycles. The van der Waals surface area contributed by atoms with Crippen molar-refractivity contribution in [1.82, 2.24) is 5.16 Å². The number of carbonyl (C=O) groups excluding carboxylic acids is 1. The van der Waals surface area contributed by atoms with Gasteiger partial charge in [-0.15, -0.1) is 0 Å². The number of nitrogens with two attached hydrogens (primary N) is 1. The minimum absolute atomic E-state index is 0.0125. The summed E-state index contributed by atoms with van der Waals surface area (Å²) in [5.74, 6) is 0.378. The van der Waals surface area contributed by atoms with E-state index in [0.29, 0.717) is 17.1 Å². The molecule has 0 unspecified atom stereocenters. The van der Waals surface area contributed by atoms with Crippen LogP contribution >= 0.6 is 0 Å². The molecule has 6 nitrogen and oxygen atoms in total. The molecule has 1 aromatic carbocycles. The lowest BCUT2D eigenvalue weighted by atomic mass is 10.2. The molecule has 0 aliphatic carbocycles. The Kier molecular flexibility index (Phi) is 3.18. The van der Waals surface area contributed by atoms with E-state index in [2.05, 4.69) is 10.5 Å². The summed E-state index contributed by atoms with van der Waals surface area (Å²) in [5.41, 5.74) is 6.88. The van der Waals surface area contributed by atoms with Crippen LogP contribution in [0.25, 0.3) is 0 Å². The van der Waals surface area contributed by atoms with Gasteiger partial charge >= 0.3 is 0 Å². The first-order valence-electron chi connectivity index (χ1n) is 5.29. The summed E-state index contributed by atoms with van der Waals surface area (Å²) in [7, 11) is 1.58. The van der Waals surface area contributed by atoms with Crippen LogP contribution in [0.2, 0.25) is 0 Å². The molecule has 6 heteroatoms. The number of aryl methyl sites for hydroxylation is 1. The third-order valence-corrected chi connectivity index (χ3v) is 2.46. The van der Waals surface area contributed by atoms with Gasteiger partial charge in [-0.3, -0.25) is 4.79 Å². The molecular weight excluding hydrogens is 234 g/mol. The Hall–Kier alpha value is -2.50. The maximum atomic E-state index is 11.9. The second-order valence-electron chi connectivity index (χ2n) is 3.69. The monoisotopic (exact) mass is 247 g/mol. The smallest absolute Gasteiger partial charge is 0.263 e. The number of nitrogens with zero attached hydrogens (tertiary/aromatic N) is 1. The Morgan fingerprint density at radius 3 is 2.56 bits per heavy atom. The van der Waals surface area contributed by atoms with Crippen LogP contribution in [0.15, 0.2) is 28.8 Å². The molecule has 94 valence electrons. The van der Waals surface area contributed by atoms with E-state index < -0.39 is 0 Å². The van der Waals surface area contributed by atoms with Crippen LogP contribution in [0.4, 0.5) is 11.6 Å². The third kappa shape index (κ3) is 2.27. The zero-order valence-corrected chi connectivity index (χ0v) is 10.1. The fraction of sp³-hybridized carbons (Fsp3) is 0.167. The SMILES string of the molecule is COc1ccc(NC(=O)c2c(C)noc2N)cc1. The van der Waals surface area contributed by atoms with Gasteiger partial charge in [-0.05, 0) is 31.2 Å². The number of carbonyl (C=O) groups is 1. The summed E-state index contributed by atoms with van der Waals surface area (Å²) < 4.78 is 9.76. The number of aromatic nitrogens is 1. The molecule has 1 aromatic heterocycles. The molecule has 0 bridgehead atoms. The summed E-state index contributed by atoms with van der Waals surface area (Å²) >= 11 is 0. The fourth-order valence-corrected chi connectivity index (χ4v) is 1.53. The van der Waals surface area contributed by atoms with Crippen molar-refractivity contribution >= 4 is 17.5 Å². The lowest BCUT2D eigenvalue weighted by molar-refractivity contribution is 0.102. The number of nitrogens with one attached hydrogen (secondary N) is 1. The largest absolute Gasteiger partial charge is 0.497 e. The van der Waals surface area contributed by atoms with Gasteiger partial charge in [0.15, 0.2) is 0 Å². The summed E-state index contributed by atoms with van der Waals surface area (Å²) in [4.78, 5) is 11.9. The normalized spacial score (nSPS) is 10.1. The Morgan fingerprint density at radius 1 is 1.39 bits per heavy atom. The van der Waals surface area contributed by atoms with Crippen molar-refractivity contribution in [3.63, 3.8) is 0 Å². The van der Waals surface area contributed by atoms with Crippen LogP contribution in [0, 0.1) is 6.92 Å². The Balaban J connectivity index is 2.16. The van der Waals surface area contributed by atoms with E-state index in [9.17, 15) is 4.79 Å². The van der Waals surface area contributed by atoms with Gasteiger partial charge in [0.1, 0.15) is 11.3 Å². The number of rotatable bonds is 3. The highest BCUT2D eigenvalue weighted by atomic mass is 16.5. The number of anilines is 2. The van der Waals surface area contributed by atoms with Crippen molar-refractivity contribution in [2.75, 3.05) is 18.2 Å². The Morgan fingerprint density at radius 2 is 2.06 bits per heavy atom. The van der Waals surface area contributed by atoms with Crippen molar-refractivity contribution in [2.24, 2.45) is 0 Å². The summed E-state index contributed by atoms with van der Waals surface area (Å²) in [6.45, 7) is 1.66. The van der Waals surface area contributed by atoms with Crippen LogP contribution in [-0.2, 0) is 0 Å². The number of hydrogen-bond acceptors (Lipinski definition) is 5. The number of amides is 1. The maximum absolute atomic E-state index is 11.9. The number of benzene rings is 1. The first-order chi connectivity index (χ1) is 8.61. The Bertz CT molecular complexity index is 541. The predicted octanol–water partition coefficient (Wildman–Crippen LogP) is 1.83. The van der Waals surface area contributed by atoms with E-state index in [1.807, 2.05) is 0 Å². The average Bonchev–Trinajstić information content (AvgIpc) is 2.70. The highest BCUT2D eigenvalue weighted by molar-refractivity contribution is 6.07. The molecule has 3 N–H and O–H groups in total. The lowest BCUT2D eigenvalue weighted by Crippen LogP contribution is -2.14. The van der Waals surface area contributed by atoms with Crippen LogP contribution in [0.5, 0.6) is 5.75 Å². The van der Waals surface area contributed by atoms with Crippen LogP contribution in [0.1, 0.15) is 16.1 Å². The molecule has 0 radical (unpaired) electrons. The molecule has 2 aromatic rings. The van der Waals surface area contributed by atoms with E-state index in [1.54, 1.807) is 38.3 Å². The van der Waals surface area contributed by atoms with Crippen molar-refractivity contribution < 1.29 is 14.1 Å². The number of nitrogen functional groups attached to an aromatic ring is 1. The molecule has 1 heterocycles.